The number of imidazole rings is 1. The summed E-state index contributed by atoms with van der Waals surface area (Å²) >= 11 is 6.42. The molecule has 1 fully saturated rings. The van der Waals surface area contributed by atoms with Gasteiger partial charge >= 0.3 is 0 Å². The van der Waals surface area contributed by atoms with E-state index < -0.39 is 23.8 Å². The second-order valence-corrected chi connectivity index (χ2v) is 8.23. The van der Waals surface area contributed by atoms with E-state index in [9.17, 15) is 9.18 Å². The number of hydrogen-bond acceptors (Lipinski definition) is 5. The first-order valence-corrected chi connectivity index (χ1v) is 10.1. The minimum absolute atomic E-state index is 0.0136. The summed E-state index contributed by atoms with van der Waals surface area (Å²) in [5.41, 5.74) is 1.98. The number of amides is 1. The number of anilines is 2. The number of aromatic amines is 1. The third-order valence-corrected chi connectivity index (χ3v) is 5.48. The molecule has 1 aliphatic carbocycles. The zero-order chi connectivity index (χ0) is 21.9. The van der Waals surface area contributed by atoms with Crippen molar-refractivity contribution in [2.75, 3.05) is 10.6 Å². The van der Waals surface area contributed by atoms with Crippen molar-refractivity contribution in [1.29, 1.82) is 0 Å². The fourth-order valence-corrected chi connectivity index (χ4v) is 3.82. The van der Waals surface area contributed by atoms with Crippen LogP contribution in [0.2, 0.25) is 5.02 Å². The van der Waals surface area contributed by atoms with Crippen LogP contribution in [0.3, 0.4) is 0 Å². The highest BCUT2D eigenvalue weighted by Gasteiger charge is 2.43. The summed E-state index contributed by atoms with van der Waals surface area (Å²) < 4.78 is 29.9. The average molecular weight is 446 g/mol. The van der Waals surface area contributed by atoms with Gasteiger partial charge in [-0.1, -0.05) is 11.6 Å². The molecule has 8 nitrogen and oxygen atoms in total. The molecule has 1 aromatic carbocycles. The van der Waals surface area contributed by atoms with Crippen molar-refractivity contribution < 1.29 is 13.6 Å². The summed E-state index contributed by atoms with van der Waals surface area (Å²) in [4.78, 5) is 20.6. The van der Waals surface area contributed by atoms with Crippen molar-refractivity contribution in [1.82, 2.24) is 24.6 Å². The standard InChI is InChI=1S/C20H18ClF2N7O/c1-8(2)26-19-17(23)16(21)15(10-4-25-29-18(10)19)12-6-30-7-13(27-14(30)5-24-12)28-20(31)9-3-11(9)22/h4-9,11,26H,3H2,1-2H3,(H,25,29)(H,28,31)/t9-,11-/m0/s1. The van der Waals surface area contributed by atoms with Crippen LogP contribution in [0.1, 0.15) is 20.3 Å². The average Bonchev–Trinajstić information content (AvgIpc) is 3.11. The molecule has 31 heavy (non-hydrogen) atoms. The molecule has 5 rings (SSSR count). The summed E-state index contributed by atoms with van der Waals surface area (Å²) in [6.45, 7) is 3.79. The summed E-state index contributed by atoms with van der Waals surface area (Å²) in [7, 11) is 0. The van der Waals surface area contributed by atoms with Gasteiger partial charge in [0.05, 0.1) is 46.4 Å². The van der Waals surface area contributed by atoms with Gasteiger partial charge in [0.15, 0.2) is 17.3 Å². The first-order valence-electron chi connectivity index (χ1n) is 9.74. The van der Waals surface area contributed by atoms with Crippen LogP contribution in [0.15, 0.2) is 24.8 Å². The number of nitrogens with one attached hydrogen (secondary N) is 3. The zero-order valence-corrected chi connectivity index (χ0v) is 17.3. The Balaban J connectivity index is 1.57. The van der Waals surface area contributed by atoms with Crippen molar-refractivity contribution >= 4 is 45.6 Å². The van der Waals surface area contributed by atoms with Crippen molar-refractivity contribution in [3.63, 3.8) is 0 Å². The Hall–Kier alpha value is -3.27. The second kappa shape index (κ2) is 7.16. The molecule has 0 saturated heterocycles. The number of rotatable bonds is 5. The summed E-state index contributed by atoms with van der Waals surface area (Å²) in [6.07, 6.45) is 5.41. The molecule has 1 saturated carbocycles. The van der Waals surface area contributed by atoms with Crippen LogP contribution in [0.25, 0.3) is 27.8 Å². The van der Waals surface area contributed by atoms with E-state index in [0.717, 1.165) is 0 Å². The topological polar surface area (TPSA) is 100 Å². The van der Waals surface area contributed by atoms with Crippen molar-refractivity contribution in [2.24, 2.45) is 5.92 Å². The number of carbonyl (C=O) groups is 1. The number of aromatic nitrogens is 5. The molecule has 3 N–H and O–H groups in total. The zero-order valence-electron chi connectivity index (χ0n) is 16.6. The van der Waals surface area contributed by atoms with E-state index in [0.29, 0.717) is 27.8 Å². The van der Waals surface area contributed by atoms with Gasteiger partial charge in [0.2, 0.25) is 5.91 Å². The van der Waals surface area contributed by atoms with E-state index in [4.69, 9.17) is 11.6 Å². The second-order valence-electron chi connectivity index (χ2n) is 7.85. The Labute approximate surface area is 180 Å². The molecule has 11 heteroatoms. The highest BCUT2D eigenvalue weighted by atomic mass is 35.5. The molecular weight excluding hydrogens is 428 g/mol. The van der Waals surface area contributed by atoms with Gasteiger partial charge in [-0.05, 0) is 20.3 Å². The molecule has 0 bridgehead atoms. The van der Waals surface area contributed by atoms with Gasteiger partial charge in [-0.15, -0.1) is 0 Å². The van der Waals surface area contributed by atoms with Gasteiger partial charge in [0, 0.05) is 23.2 Å². The summed E-state index contributed by atoms with van der Waals surface area (Å²) in [5.74, 6) is -1.34. The first-order chi connectivity index (χ1) is 14.8. The van der Waals surface area contributed by atoms with Crippen LogP contribution in [0, 0.1) is 11.7 Å². The number of alkyl halides is 1. The maximum absolute atomic E-state index is 15.1. The minimum atomic E-state index is -1.09. The van der Waals surface area contributed by atoms with Gasteiger partial charge in [-0.2, -0.15) is 5.10 Å². The SMILES string of the molecule is CC(C)Nc1c(F)c(Cl)c(-c2cn3cc(NC(=O)[C@H]4C[C@@H]4F)nc3cn2)c2cn[nH]c12. The Bertz CT molecular complexity index is 1330. The van der Waals surface area contributed by atoms with Crippen LogP contribution in [0.4, 0.5) is 20.3 Å². The lowest BCUT2D eigenvalue weighted by Crippen LogP contribution is -2.15. The largest absolute Gasteiger partial charge is 0.379 e. The molecule has 3 heterocycles. The number of hydrogen-bond donors (Lipinski definition) is 3. The quantitative estimate of drug-likeness (QED) is 0.428. The van der Waals surface area contributed by atoms with E-state index in [1.54, 1.807) is 23.0 Å². The summed E-state index contributed by atoms with van der Waals surface area (Å²) in [5, 5.41) is 13.1. The summed E-state index contributed by atoms with van der Waals surface area (Å²) in [6, 6.07) is -0.0136. The Kier molecular flexibility index (Phi) is 4.54. The molecule has 160 valence electrons. The smallest absolute Gasteiger partial charge is 0.231 e. The van der Waals surface area contributed by atoms with Gasteiger partial charge in [-0.3, -0.25) is 14.9 Å². The van der Waals surface area contributed by atoms with Gasteiger partial charge in [0.1, 0.15) is 6.17 Å². The van der Waals surface area contributed by atoms with Crippen molar-refractivity contribution in [3.05, 3.63) is 35.6 Å². The number of H-pyrrole nitrogens is 1. The lowest BCUT2D eigenvalue weighted by Gasteiger charge is -2.15. The normalized spacial score (nSPS) is 18.1. The number of halogens is 3. The van der Waals surface area contributed by atoms with E-state index in [1.165, 1.54) is 6.20 Å². The predicted octanol–water partition coefficient (Wildman–Crippen LogP) is 4.18. The van der Waals surface area contributed by atoms with E-state index in [1.807, 2.05) is 13.8 Å². The van der Waals surface area contributed by atoms with Crippen molar-refractivity contribution in [2.45, 2.75) is 32.5 Å². The molecular formula is C20H18ClF2N7O. The lowest BCUT2D eigenvalue weighted by atomic mass is 10.1. The monoisotopic (exact) mass is 445 g/mol. The molecule has 3 aromatic heterocycles. The molecule has 0 spiro atoms. The Morgan fingerprint density at radius 2 is 2.13 bits per heavy atom. The molecule has 0 radical (unpaired) electrons. The van der Waals surface area contributed by atoms with Gasteiger partial charge in [0.25, 0.3) is 0 Å². The molecule has 4 aromatic rings. The fourth-order valence-electron chi connectivity index (χ4n) is 3.53. The van der Waals surface area contributed by atoms with E-state index in [-0.39, 0.29) is 29.0 Å². The highest BCUT2D eigenvalue weighted by Crippen LogP contribution is 2.41. The maximum Gasteiger partial charge on any atom is 0.231 e. The highest BCUT2D eigenvalue weighted by molar-refractivity contribution is 6.35. The fraction of sp³-hybridized carbons (Fsp3) is 0.300. The van der Waals surface area contributed by atoms with E-state index in [2.05, 4.69) is 30.8 Å². The third-order valence-electron chi connectivity index (χ3n) is 5.12. The van der Waals surface area contributed by atoms with Crippen molar-refractivity contribution in [3.8, 4) is 11.3 Å². The molecule has 2 atom stereocenters. The van der Waals surface area contributed by atoms with Crippen LogP contribution in [-0.4, -0.2) is 42.7 Å². The first kappa shape index (κ1) is 19.7. The minimum Gasteiger partial charge on any atom is -0.379 e. The van der Waals surface area contributed by atoms with Gasteiger partial charge < -0.3 is 15.0 Å². The van der Waals surface area contributed by atoms with E-state index >= 15 is 4.39 Å². The van der Waals surface area contributed by atoms with Crippen LogP contribution in [-0.2, 0) is 4.79 Å². The van der Waals surface area contributed by atoms with Crippen LogP contribution in [0.5, 0.6) is 0 Å². The molecule has 0 aliphatic heterocycles. The van der Waals surface area contributed by atoms with Crippen LogP contribution < -0.4 is 10.6 Å². The molecule has 1 amide bonds. The number of fused-ring (bicyclic) bond motifs is 2. The molecule has 1 aliphatic rings. The Morgan fingerprint density at radius 1 is 1.35 bits per heavy atom. The number of carbonyl (C=O) groups excluding carboxylic acids is 1. The molecule has 0 unspecified atom stereocenters. The predicted molar refractivity (Wildman–Crippen MR) is 113 cm³/mol. The van der Waals surface area contributed by atoms with Gasteiger partial charge in [-0.25, -0.2) is 13.8 Å². The number of benzene rings is 1. The van der Waals surface area contributed by atoms with Crippen LogP contribution >= 0.6 is 11.6 Å². The third kappa shape index (κ3) is 3.36. The maximum atomic E-state index is 15.1. The number of nitrogens with zero attached hydrogens (tertiary/aromatic N) is 4. The Morgan fingerprint density at radius 3 is 2.84 bits per heavy atom. The lowest BCUT2D eigenvalue weighted by molar-refractivity contribution is -0.117.